The number of thioether (sulfide) groups is 1. The topological polar surface area (TPSA) is 80.0 Å². The molecule has 1 saturated heterocycles. The molecule has 142 valence electrons. The van der Waals surface area contributed by atoms with E-state index < -0.39 is 11.4 Å². The first-order valence-corrected chi connectivity index (χ1v) is 10.2. The molecule has 2 aliphatic rings. The Labute approximate surface area is 161 Å². The van der Waals surface area contributed by atoms with Crippen molar-refractivity contribution in [2.75, 3.05) is 26.0 Å². The maximum atomic E-state index is 12.9. The van der Waals surface area contributed by atoms with Crippen molar-refractivity contribution in [2.24, 2.45) is 11.3 Å². The zero-order valence-electron chi connectivity index (χ0n) is 15.0. The zero-order valence-corrected chi connectivity index (χ0v) is 15.8. The Kier molecular flexibility index (Phi) is 4.63. The molecule has 0 radical (unpaired) electrons. The van der Waals surface area contributed by atoms with E-state index in [2.05, 4.69) is 0 Å². The third kappa shape index (κ3) is 3.10. The Balaban J connectivity index is 1.61. The van der Waals surface area contributed by atoms with E-state index in [-0.39, 0.29) is 30.7 Å². The van der Waals surface area contributed by atoms with E-state index in [4.69, 9.17) is 9.15 Å². The Morgan fingerprint density at radius 3 is 2.89 bits per heavy atom. The van der Waals surface area contributed by atoms with Crippen molar-refractivity contribution in [3.63, 3.8) is 0 Å². The molecule has 2 atom stereocenters. The molecule has 1 N–H and O–H groups in total. The fraction of sp³-hybridized carbons (Fsp3) is 0.400. The molecule has 0 unspecified atom stereocenters. The molecule has 0 saturated carbocycles. The lowest BCUT2D eigenvalue weighted by molar-refractivity contribution is -0.150. The molecule has 0 aliphatic carbocycles. The van der Waals surface area contributed by atoms with Gasteiger partial charge in [0.1, 0.15) is 11.5 Å². The number of nitrogens with zero attached hydrogens (tertiary/aromatic N) is 1. The van der Waals surface area contributed by atoms with Gasteiger partial charge in [-0.25, -0.2) is 0 Å². The van der Waals surface area contributed by atoms with Crippen LogP contribution in [-0.2, 0) is 17.0 Å². The van der Waals surface area contributed by atoms with Crippen molar-refractivity contribution >= 4 is 23.6 Å². The van der Waals surface area contributed by atoms with Crippen molar-refractivity contribution in [3.05, 3.63) is 53.5 Å². The highest BCUT2D eigenvalue weighted by molar-refractivity contribution is 7.97. The first-order chi connectivity index (χ1) is 13.0. The van der Waals surface area contributed by atoms with Gasteiger partial charge in [-0.15, -0.1) is 0 Å². The summed E-state index contributed by atoms with van der Waals surface area (Å²) in [4.78, 5) is 26.8. The van der Waals surface area contributed by atoms with E-state index >= 15 is 0 Å². The number of hydrogen-bond acceptors (Lipinski definition) is 5. The minimum atomic E-state index is -1.04. The SMILES string of the molecule is CSCc1ccc(C(=O)N2C[C@@H]3COc4ccccc4C[C@]3(C(=O)O)C2)o1. The van der Waals surface area contributed by atoms with Gasteiger partial charge in [0.2, 0.25) is 0 Å². The highest BCUT2D eigenvalue weighted by Crippen LogP contribution is 2.44. The van der Waals surface area contributed by atoms with Gasteiger partial charge in [0.25, 0.3) is 5.91 Å². The highest BCUT2D eigenvalue weighted by atomic mass is 32.2. The smallest absolute Gasteiger partial charge is 0.312 e. The number of amides is 1. The number of para-hydroxylation sites is 1. The number of likely N-dealkylation sites (tertiary alicyclic amines) is 1. The van der Waals surface area contributed by atoms with Gasteiger partial charge in [-0.3, -0.25) is 9.59 Å². The number of carboxylic acids is 1. The Morgan fingerprint density at radius 1 is 1.30 bits per heavy atom. The summed E-state index contributed by atoms with van der Waals surface area (Å²) in [6.45, 7) is 0.781. The molecule has 3 heterocycles. The normalized spacial score (nSPS) is 23.9. The number of carboxylic acid groups (broad SMARTS) is 1. The second kappa shape index (κ2) is 6.96. The molecule has 6 nitrogen and oxygen atoms in total. The van der Waals surface area contributed by atoms with Crippen LogP contribution >= 0.6 is 11.8 Å². The van der Waals surface area contributed by atoms with Gasteiger partial charge in [-0.2, -0.15) is 11.8 Å². The molecule has 7 heteroatoms. The van der Waals surface area contributed by atoms with Crippen molar-refractivity contribution in [1.29, 1.82) is 0 Å². The Hall–Kier alpha value is -2.41. The van der Waals surface area contributed by atoms with Crippen LogP contribution in [0.4, 0.5) is 0 Å². The summed E-state index contributed by atoms with van der Waals surface area (Å²) in [6.07, 6.45) is 2.31. The summed E-state index contributed by atoms with van der Waals surface area (Å²) >= 11 is 1.61. The third-order valence-corrected chi connectivity index (χ3v) is 6.06. The zero-order chi connectivity index (χ0) is 19.0. The van der Waals surface area contributed by atoms with E-state index in [0.29, 0.717) is 18.7 Å². The van der Waals surface area contributed by atoms with Gasteiger partial charge in [0.15, 0.2) is 5.76 Å². The number of benzene rings is 1. The summed E-state index contributed by atoms with van der Waals surface area (Å²) in [6, 6.07) is 11.0. The number of hydrogen-bond donors (Lipinski definition) is 1. The molecular formula is C20H21NO5S. The highest BCUT2D eigenvalue weighted by Gasteiger charge is 2.55. The monoisotopic (exact) mass is 387 g/mol. The molecule has 1 amide bonds. The molecule has 2 aliphatic heterocycles. The van der Waals surface area contributed by atoms with Crippen LogP contribution in [0.5, 0.6) is 5.75 Å². The van der Waals surface area contributed by atoms with Gasteiger partial charge < -0.3 is 19.2 Å². The third-order valence-electron chi connectivity index (χ3n) is 5.49. The van der Waals surface area contributed by atoms with Crippen LogP contribution in [0.15, 0.2) is 40.8 Å². The number of fused-ring (bicyclic) bond motifs is 2. The quantitative estimate of drug-likeness (QED) is 0.869. The second-order valence-corrected chi connectivity index (χ2v) is 8.00. The van der Waals surface area contributed by atoms with Gasteiger partial charge in [-0.05, 0) is 36.4 Å². The van der Waals surface area contributed by atoms with Crippen LogP contribution < -0.4 is 4.74 Å². The second-order valence-electron chi connectivity index (χ2n) is 7.14. The van der Waals surface area contributed by atoms with Crippen molar-refractivity contribution in [2.45, 2.75) is 12.2 Å². The predicted molar refractivity (Wildman–Crippen MR) is 101 cm³/mol. The average molecular weight is 387 g/mol. The molecule has 27 heavy (non-hydrogen) atoms. The number of aliphatic carboxylic acids is 1. The van der Waals surface area contributed by atoms with E-state index in [1.54, 1.807) is 28.8 Å². The predicted octanol–water partition coefficient (Wildman–Crippen LogP) is 2.92. The van der Waals surface area contributed by atoms with Crippen LogP contribution in [0.25, 0.3) is 0 Å². The maximum Gasteiger partial charge on any atom is 0.312 e. The minimum absolute atomic E-state index is 0.155. The van der Waals surface area contributed by atoms with Gasteiger partial charge in [0, 0.05) is 19.0 Å². The first kappa shape index (κ1) is 18.0. The van der Waals surface area contributed by atoms with Gasteiger partial charge in [0.05, 0.1) is 17.8 Å². The molecule has 1 fully saturated rings. The van der Waals surface area contributed by atoms with Gasteiger partial charge >= 0.3 is 5.97 Å². The molecule has 1 aromatic heterocycles. The average Bonchev–Trinajstić information content (AvgIpc) is 3.23. The van der Waals surface area contributed by atoms with E-state index in [0.717, 1.165) is 17.1 Å². The fourth-order valence-electron chi connectivity index (χ4n) is 4.05. The first-order valence-electron chi connectivity index (χ1n) is 8.84. The number of carbonyl (C=O) groups is 2. The number of ether oxygens (including phenoxy) is 1. The van der Waals surface area contributed by atoms with E-state index in [9.17, 15) is 14.7 Å². The van der Waals surface area contributed by atoms with E-state index in [1.165, 1.54) is 0 Å². The lowest BCUT2D eigenvalue weighted by Crippen LogP contribution is -2.42. The van der Waals surface area contributed by atoms with Crippen molar-refractivity contribution in [3.8, 4) is 5.75 Å². The minimum Gasteiger partial charge on any atom is -0.493 e. The summed E-state index contributed by atoms with van der Waals surface area (Å²) in [5, 5.41) is 10.1. The molecule has 0 bridgehead atoms. The number of rotatable bonds is 4. The van der Waals surface area contributed by atoms with Crippen LogP contribution in [0.1, 0.15) is 21.9 Å². The van der Waals surface area contributed by atoms with Crippen LogP contribution in [-0.4, -0.2) is 47.8 Å². The standard InChI is InChI=1S/C20H21NO5S/c1-27-11-15-6-7-17(26-15)18(22)21-9-14-10-25-16-5-3-2-4-13(16)8-20(14,12-21)19(23)24/h2-7,14H,8-12H2,1H3,(H,23,24)/t14-,20+/m1/s1. The Morgan fingerprint density at radius 2 is 2.11 bits per heavy atom. The fourth-order valence-corrected chi connectivity index (χ4v) is 4.49. The lowest BCUT2D eigenvalue weighted by Gasteiger charge is -2.27. The molecule has 0 spiro atoms. The molecule has 4 rings (SSSR count). The van der Waals surface area contributed by atoms with Gasteiger partial charge in [-0.1, -0.05) is 18.2 Å². The largest absolute Gasteiger partial charge is 0.493 e. The number of furan rings is 1. The molecule has 2 aromatic rings. The van der Waals surface area contributed by atoms with E-state index in [1.807, 2.05) is 30.5 Å². The summed E-state index contributed by atoms with van der Waals surface area (Å²) in [5.41, 5.74) is -0.173. The number of carbonyl (C=O) groups excluding carboxylic acids is 1. The van der Waals surface area contributed by atoms with Crippen LogP contribution in [0, 0.1) is 11.3 Å². The Bertz CT molecular complexity index is 879. The van der Waals surface area contributed by atoms with Crippen LogP contribution in [0.2, 0.25) is 0 Å². The van der Waals surface area contributed by atoms with Crippen molar-refractivity contribution < 1.29 is 23.8 Å². The summed E-state index contributed by atoms with van der Waals surface area (Å²) in [7, 11) is 0. The van der Waals surface area contributed by atoms with Crippen molar-refractivity contribution in [1.82, 2.24) is 4.90 Å². The summed E-state index contributed by atoms with van der Waals surface area (Å²) in [5.74, 6) is 1.02. The maximum absolute atomic E-state index is 12.9. The molecular weight excluding hydrogens is 366 g/mol. The lowest BCUT2D eigenvalue weighted by atomic mass is 9.74. The summed E-state index contributed by atoms with van der Waals surface area (Å²) < 4.78 is 11.5. The molecule has 1 aromatic carbocycles. The van der Waals surface area contributed by atoms with Crippen LogP contribution in [0.3, 0.4) is 0 Å².